The van der Waals surface area contributed by atoms with Crippen molar-refractivity contribution in [1.82, 2.24) is 0 Å². The molecule has 0 fully saturated rings. The van der Waals surface area contributed by atoms with E-state index in [2.05, 4.69) is 4.74 Å². The van der Waals surface area contributed by atoms with Gasteiger partial charge in [-0.1, -0.05) is 6.92 Å². The molecule has 0 aromatic heterocycles. The van der Waals surface area contributed by atoms with E-state index in [4.69, 9.17) is 0 Å². The fourth-order valence-corrected chi connectivity index (χ4v) is 1.56. The second kappa shape index (κ2) is 4.70. The Labute approximate surface area is 99.4 Å². The summed E-state index contributed by atoms with van der Waals surface area (Å²) in [7, 11) is 1.11. The van der Waals surface area contributed by atoms with E-state index in [9.17, 15) is 26.3 Å². The number of hydrogen-bond acceptors (Lipinski definition) is 1. The van der Waals surface area contributed by atoms with E-state index < -0.39 is 23.5 Å². The van der Waals surface area contributed by atoms with Gasteiger partial charge in [-0.3, -0.25) is 0 Å². The lowest BCUT2D eigenvalue weighted by molar-refractivity contribution is -0.162. The smallest absolute Gasteiger partial charge is 0.417 e. The van der Waals surface area contributed by atoms with E-state index >= 15 is 0 Å². The molecule has 0 saturated carbocycles. The van der Waals surface area contributed by atoms with Crippen molar-refractivity contribution in [3.05, 3.63) is 28.8 Å². The maximum Gasteiger partial charge on any atom is 0.417 e. The van der Waals surface area contributed by atoms with Crippen molar-refractivity contribution < 1.29 is 31.1 Å². The average molecular weight is 272 g/mol. The highest BCUT2D eigenvalue weighted by molar-refractivity contribution is 5.45. The Morgan fingerprint density at radius 2 is 1.39 bits per heavy atom. The molecular weight excluding hydrogens is 262 g/mol. The molecule has 0 aliphatic heterocycles. The molecule has 1 nitrogen and oxygen atoms in total. The van der Waals surface area contributed by atoms with Gasteiger partial charge in [0.2, 0.25) is 0 Å². The first kappa shape index (κ1) is 14.7. The molecule has 0 N–H and O–H groups in total. The van der Waals surface area contributed by atoms with E-state index in [1.165, 1.54) is 6.92 Å². The van der Waals surface area contributed by atoms with E-state index in [-0.39, 0.29) is 17.7 Å². The molecule has 1 rings (SSSR count). The molecule has 7 heteroatoms. The third kappa shape index (κ3) is 2.88. The Bertz CT molecular complexity index is 391. The van der Waals surface area contributed by atoms with Crippen LogP contribution in [0.3, 0.4) is 0 Å². The number of hydrogen-bond donors (Lipinski definition) is 0. The summed E-state index contributed by atoms with van der Waals surface area (Å²) in [5.74, 6) is -0.196. The van der Waals surface area contributed by atoms with Crippen LogP contribution in [0.25, 0.3) is 0 Å². The van der Waals surface area contributed by atoms with E-state index in [0.717, 1.165) is 7.11 Å². The van der Waals surface area contributed by atoms with Crippen LogP contribution >= 0.6 is 0 Å². The van der Waals surface area contributed by atoms with E-state index in [1.54, 1.807) is 0 Å². The molecule has 102 valence electrons. The Morgan fingerprint density at radius 3 is 1.72 bits per heavy atom. The number of ether oxygens (including phenoxy) is 1. The maximum absolute atomic E-state index is 12.6. The molecule has 1 aromatic carbocycles. The van der Waals surface area contributed by atoms with Crippen LogP contribution in [0.1, 0.15) is 23.6 Å². The third-order valence-electron chi connectivity index (χ3n) is 2.41. The Balaban J connectivity index is 3.57. The van der Waals surface area contributed by atoms with Crippen molar-refractivity contribution in [3.8, 4) is 5.75 Å². The van der Waals surface area contributed by atoms with Gasteiger partial charge in [0.1, 0.15) is 5.75 Å². The van der Waals surface area contributed by atoms with Crippen LogP contribution in [0.2, 0.25) is 0 Å². The lowest BCUT2D eigenvalue weighted by atomic mass is 10.0. The monoisotopic (exact) mass is 272 g/mol. The molecule has 0 amide bonds. The highest BCUT2D eigenvalue weighted by Crippen LogP contribution is 2.43. The molecule has 0 aliphatic carbocycles. The minimum absolute atomic E-state index is 0.0813. The van der Waals surface area contributed by atoms with Crippen LogP contribution in [0.15, 0.2) is 12.1 Å². The zero-order valence-corrected chi connectivity index (χ0v) is 9.54. The van der Waals surface area contributed by atoms with Gasteiger partial charge in [-0.05, 0) is 24.1 Å². The van der Waals surface area contributed by atoms with Gasteiger partial charge in [0.05, 0.1) is 18.2 Å². The van der Waals surface area contributed by atoms with Gasteiger partial charge in [0.25, 0.3) is 0 Å². The predicted octanol–water partition coefficient (Wildman–Crippen LogP) is 4.30. The average Bonchev–Trinajstić information content (AvgIpc) is 2.24. The van der Waals surface area contributed by atoms with Crippen LogP contribution in [-0.4, -0.2) is 7.11 Å². The zero-order valence-electron chi connectivity index (χ0n) is 9.54. The normalized spacial score (nSPS) is 12.7. The number of methoxy groups -OCH3 is 1. The lowest BCUT2D eigenvalue weighted by Gasteiger charge is -2.18. The molecule has 0 bridgehead atoms. The van der Waals surface area contributed by atoms with Gasteiger partial charge in [0.15, 0.2) is 0 Å². The van der Waals surface area contributed by atoms with Crippen LogP contribution in [0, 0.1) is 0 Å². The quantitative estimate of drug-likeness (QED) is 0.729. The number of benzene rings is 1. The molecule has 0 spiro atoms. The molecule has 0 radical (unpaired) electrons. The summed E-state index contributed by atoms with van der Waals surface area (Å²) in [5.41, 5.74) is -3.34. The largest absolute Gasteiger partial charge is 0.496 e. The lowest BCUT2D eigenvalue weighted by Crippen LogP contribution is -2.17. The van der Waals surface area contributed by atoms with Crippen LogP contribution in [0.4, 0.5) is 26.3 Å². The van der Waals surface area contributed by atoms with Crippen LogP contribution in [-0.2, 0) is 18.8 Å². The predicted molar refractivity (Wildman–Crippen MR) is 52.4 cm³/mol. The number of rotatable bonds is 2. The first-order valence-electron chi connectivity index (χ1n) is 4.96. The van der Waals surface area contributed by atoms with Crippen molar-refractivity contribution in [2.75, 3.05) is 7.11 Å². The van der Waals surface area contributed by atoms with Crippen molar-refractivity contribution in [1.29, 1.82) is 0 Å². The zero-order chi connectivity index (χ0) is 14.1. The second-order valence-corrected chi connectivity index (χ2v) is 3.56. The Kier molecular flexibility index (Phi) is 3.83. The number of aryl methyl sites for hydroxylation is 1. The molecule has 0 aliphatic rings. The standard InChI is InChI=1S/C11H10F6O/c1-3-6-4-7(10(12,13)14)8(11(15,16)17)5-9(6)18-2/h4-5H,3H2,1-2H3. The minimum atomic E-state index is -5.08. The topological polar surface area (TPSA) is 9.23 Å². The summed E-state index contributed by atoms with van der Waals surface area (Å²) < 4.78 is 80.2. The fraction of sp³-hybridized carbons (Fsp3) is 0.455. The van der Waals surface area contributed by atoms with Gasteiger partial charge in [0, 0.05) is 0 Å². The second-order valence-electron chi connectivity index (χ2n) is 3.56. The molecular formula is C11H10F6O. The molecule has 1 aromatic rings. The van der Waals surface area contributed by atoms with E-state index in [0.29, 0.717) is 12.1 Å². The summed E-state index contributed by atoms with van der Waals surface area (Å²) in [6.45, 7) is 1.53. The van der Waals surface area contributed by atoms with Gasteiger partial charge >= 0.3 is 12.4 Å². The van der Waals surface area contributed by atoms with Gasteiger partial charge in [-0.2, -0.15) is 26.3 Å². The molecule has 0 atom stereocenters. The SMILES string of the molecule is CCc1cc(C(F)(F)F)c(C(F)(F)F)cc1OC. The summed E-state index contributed by atoms with van der Waals surface area (Å²) >= 11 is 0. The Morgan fingerprint density at radius 1 is 0.944 bits per heavy atom. The third-order valence-corrected chi connectivity index (χ3v) is 2.41. The molecule has 18 heavy (non-hydrogen) atoms. The van der Waals surface area contributed by atoms with Gasteiger partial charge in [-0.25, -0.2) is 0 Å². The molecule has 0 heterocycles. The maximum atomic E-state index is 12.6. The summed E-state index contributed by atoms with van der Waals surface area (Å²) in [6.07, 6.45) is -9.99. The summed E-state index contributed by atoms with van der Waals surface area (Å²) in [4.78, 5) is 0. The summed E-state index contributed by atoms with van der Waals surface area (Å²) in [5, 5.41) is 0. The van der Waals surface area contributed by atoms with Crippen molar-refractivity contribution >= 4 is 0 Å². The number of alkyl halides is 6. The first-order chi connectivity index (χ1) is 8.11. The van der Waals surface area contributed by atoms with Crippen molar-refractivity contribution in [2.24, 2.45) is 0 Å². The minimum Gasteiger partial charge on any atom is -0.496 e. The number of halogens is 6. The summed E-state index contributed by atoms with van der Waals surface area (Å²) in [6, 6.07) is 0.878. The van der Waals surface area contributed by atoms with Gasteiger partial charge in [-0.15, -0.1) is 0 Å². The fourth-order valence-electron chi connectivity index (χ4n) is 1.56. The first-order valence-corrected chi connectivity index (χ1v) is 4.96. The highest BCUT2D eigenvalue weighted by atomic mass is 19.4. The Hall–Kier alpha value is -1.40. The van der Waals surface area contributed by atoms with E-state index in [1.807, 2.05) is 0 Å². The van der Waals surface area contributed by atoms with Crippen LogP contribution in [0.5, 0.6) is 5.75 Å². The van der Waals surface area contributed by atoms with Gasteiger partial charge < -0.3 is 4.74 Å². The highest BCUT2D eigenvalue weighted by Gasteiger charge is 2.43. The van der Waals surface area contributed by atoms with Crippen LogP contribution < -0.4 is 4.74 Å². The van der Waals surface area contributed by atoms with Crippen molar-refractivity contribution in [2.45, 2.75) is 25.7 Å². The molecule has 0 saturated heterocycles. The molecule has 0 unspecified atom stereocenters. The van der Waals surface area contributed by atoms with Crippen molar-refractivity contribution in [3.63, 3.8) is 0 Å².